The first-order valence-electron chi connectivity index (χ1n) is 6.74. The van der Waals surface area contributed by atoms with Crippen LogP contribution in [-0.4, -0.2) is 37.5 Å². The van der Waals surface area contributed by atoms with Gasteiger partial charge in [0.2, 0.25) is 5.95 Å². The molecule has 2 amide bonds. The molecule has 2 rings (SSSR count). The van der Waals surface area contributed by atoms with Crippen LogP contribution in [0.25, 0.3) is 0 Å². The number of nitrogens with one attached hydrogen (secondary N) is 2. The Morgan fingerprint density at radius 2 is 1.96 bits per heavy atom. The number of urea groups is 1. The molecular weight excluding hydrogens is 372 g/mol. The summed E-state index contributed by atoms with van der Waals surface area (Å²) in [5.74, 6) is -0.966. The van der Waals surface area contributed by atoms with Gasteiger partial charge in [-0.05, 0) is 31.2 Å². The zero-order valence-electron chi connectivity index (χ0n) is 13.1. The van der Waals surface area contributed by atoms with Gasteiger partial charge in [0.25, 0.3) is 10.0 Å². The molecule has 11 heteroatoms. The van der Waals surface area contributed by atoms with Crippen LogP contribution in [0.4, 0.5) is 10.7 Å². The Morgan fingerprint density at radius 3 is 2.60 bits per heavy atom. The minimum atomic E-state index is -4.40. The molecule has 2 aromatic rings. The number of methoxy groups -OCH3 is 1. The lowest BCUT2D eigenvalue weighted by Crippen LogP contribution is -2.35. The van der Waals surface area contributed by atoms with Crippen LogP contribution in [-0.2, 0) is 14.8 Å². The number of esters is 1. The monoisotopic (exact) mass is 384 g/mol. The van der Waals surface area contributed by atoms with E-state index in [9.17, 15) is 18.0 Å². The van der Waals surface area contributed by atoms with Crippen LogP contribution in [0.5, 0.6) is 0 Å². The van der Waals surface area contributed by atoms with E-state index in [4.69, 9.17) is 11.6 Å². The molecule has 0 bridgehead atoms. The standard InChI is InChI=1S/C14H13ClN4O5S/c1-8-5-6-16-13(17-8)18-14(21)19-25(22,23)11-7-9(15)3-4-10(11)12(20)24-2/h3-7H,1-2H3,(H2,16,17,18,19,21). The summed E-state index contributed by atoms with van der Waals surface area (Å²) in [4.78, 5) is 30.9. The summed E-state index contributed by atoms with van der Waals surface area (Å²) < 4.78 is 31.1. The number of sulfonamides is 1. The average molecular weight is 385 g/mol. The van der Waals surface area contributed by atoms with Gasteiger partial charge >= 0.3 is 12.0 Å². The van der Waals surface area contributed by atoms with Crippen molar-refractivity contribution in [2.45, 2.75) is 11.8 Å². The largest absolute Gasteiger partial charge is 0.465 e. The van der Waals surface area contributed by atoms with Gasteiger partial charge in [-0.3, -0.25) is 5.32 Å². The molecule has 9 nitrogen and oxygen atoms in total. The zero-order valence-corrected chi connectivity index (χ0v) is 14.7. The van der Waals surface area contributed by atoms with Crippen molar-refractivity contribution in [3.8, 4) is 0 Å². The van der Waals surface area contributed by atoms with Gasteiger partial charge in [0.1, 0.15) is 4.90 Å². The number of hydrogen-bond acceptors (Lipinski definition) is 7. The summed E-state index contributed by atoms with van der Waals surface area (Å²) in [7, 11) is -3.30. The molecule has 25 heavy (non-hydrogen) atoms. The maximum atomic E-state index is 12.4. The molecule has 0 fully saturated rings. The van der Waals surface area contributed by atoms with Crippen molar-refractivity contribution < 1.29 is 22.7 Å². The number of amides is 2. The minimum Gasteiger partial charge on any atom is -0.465 e. The Labute approximate surface area is 148 Å². The second-order valence-corrected chi connectivity index (χ2v) is 6.80. The van der Waals surface area contributed by atoms with E-state index < -0.39 is 26.9 Å². The molecule has 0 radical (unpaired) electrons. The fourth-order valence-electron chi connectivity index (χ4n) is 1.81. The third-order valence-corrected chi connectivity index (χ3v) is 4.49. The molecular formula is C14H13ClN4O5S. The number of aromatic nitrogens is 2. The van der Waals surface area contributed by atoms with Gasteiger partial charge in [0, 0.05) is 16.9 Å². The topological polar surface area (TPSA) is 127 Å². The van der Waals surface area contributed by atoms with Crippen molar-refractivity contribution in [1.82, 2.24) is 14.7 Å². The van der Waals surface area contributed by atoms with Crippen LogP contribution < -0.4 is 10.0 Å². The predicted octanol–water partition coefficient (Wildman–Crippen LogP) is 1.74. The molecule has 0 unspecified atom stereocenters. The van der Waals surface area contributed by atoms with E-state index >= 15 is 0 Å². The van der Waals surface area contributed by atoms with Crippen LogP contribution in [0.3, 0.4) is 0 Å². The van der Waals surface area contributed by atoms with E-state index in [2.05, 4.69) is 20.0 Å². The first kappa shape index (κ1) is 18.6. The van der Waals surface area contributed by atoms with Crippen molar-refractivity contribution >= 4 is 39.6 Å². The summed E-state index contributed by atoms with van der Waals surface area (Å²) in [6, 6.07) is 4.06. The molecule has 0 saturated carbocycles. The fourth-order valence-corrected chi connectivity index (χ4v) is 3.18. The molecule has 0 aliphatic carbocycles. The van der Waals surface area contributed by atoms with Crippen molar-refractivity contribution in [1.29, 1.82) is 0 Å². The number of carbonyl (C=O) groups is 2. The van der Waals surface area contributed by atoms with E-state index in [1.54, 1.807) is 17.7 Å². The summed E-state index contributed by atoms with van der Waals surface area (Å²) in [5, 5.41) is 2.25. The number of benzene rings is 1. The minimum absolute atomic E-state index is 0.0652. The second kappa shape index (κ2) is 7.45. The van der Waals surface area contributed by atoms with Crippen LogP contribution in [0.2, 0.25) is 5.02 Å². The summed E-state index contributed by atoms with van der Waals surface area (Å²) >= 11 is 5.79. The first-order valence-corrected chi connectivity index (χ1v) is 8.60. The summed E-state index contributed by atoms with van der Waals surface area (Å²) in [6.45, 7) is 1.68. The van der Waals surface area contributed by atoms with E-state index in [1.807, 2.05) is 0 Å². The molecule has 2 N–H and O–H groups in total. The average Bonchev–Trinajstić information content (AvgIpc) is 2.53. The molecule has 0 aliphatic heterocycles. The van der Waals surface area contributed by atoms with E-state index in [0.717, 1.165) is 13.2 Å². The lowest BCUT2D eigenvalue weighted by molar-refractivity contribution is 0.0596. The van der Waals surface area contributed by atoms with Crippen LogP contribution in [0, 0.1) is 6.92 Å². The van der Waals surface area contributed by atoms with Gasteiger partial charge in [-0.25, -0.2) is 32.7 Å². The van der Waals surface area contributed by atoms with Gasteiger partial charge in [0.05, 0.1) is 12.7 Å². The molecule has 132 valence electrons. The molecule has 1 aromatic heterocycles. The first-order chi connectivity index (χ1) is 11.7. The number of hydrogen-bond donors (Lipinski definition) is 2. The van der Waals surface area contributed by atoms with Gasteiger partial charge < -0.3 is 4.74 Å². The highest BCUT2D eigenvalue weighted by Crippen LogP contribution is 2.21. The number of anilines is 1. The maximum Gasteiger partial charge on any atom is 0.339 e. The Hall–Kier alpha value is -2.72. The smallest absolute Gasteiger partial charge is 0.339 e. The highest BCUT2D eigenvalue weighted by molar-refractivity contribution is 7.90. The second-order valence-electron chi connectivity index (χ2n) is 4.71. The number of rotatable bonds is 4. The Morgan fingerprint density at radius 1 is 1.24 bits per heavy atom. The van der Waals surface area contributed by atoms with Gasteiger partial charge in [-0.1, -0.05) is 11.6 Å². The van der Waals surface area contributed by atoms with Crippen LogP contribution in [0.15, 0.2) is 35.4 Å². The third kappa shape index (κ3) is 4.64. The molecule has 0 spiro atoms. The zero-order chi connectivity index (χ0) is 18.6. The predicted molar refractivity (Wildman–Crippen MR) is 88.9 cm³/mol. The molecule has 1 aromatic carbocycles. The number of ether oxygens (including phenoxy) is 1. The number of carbonyl (C=O) groups excluding carboxylic acids is 2. The van der Waals surface area contributed by atoms with Crippen molar-refractivity contribution in [2.24, 2.45) is 0 Å². The maximum absolute atomic E-state index is 12.4. The lowest BCUT2D eigenvalue weighted by atomic mass is 10.2. The van der Waals surface area contributed by atoms with Crippen molar-refractivity contribution in [3.63, 3.8) is 0 Å². The van der Waals surface area contributed by atoms with E-state index in [0.29, 0.717) is 5.69 Å². The summed E-state index contributed by atoms with van der Waals surface area (Å²) in [6.07, 6.45) is 1.40. The van der Waals surface area contributed by atoms with Gasteiger partial charge in [-0.15, -0.1) is 0 Å². The molecule has 0 saturated heterocycles. The normalized spacial score (nSPS) is 10.8. The fraction of sp³-hybridized carbons (Fsp3) is 0.143. The molecule has 0 atom stereocenters. The Kier molecular flexibility index (Phi) is 5.55. The van der Waals surface area contributed by atoms with Gasteiger partial charge in [0.15, 0.2) is 0 Å². The highest BCUT2D eigenvalue weighted by Gasteiger charge is 2.25. The number of halogens is 1. The van der Waals surface area contributed by atoms with E-state index in [-0.39, 0.29) is 16.5 Å². The van der Waals surface area contributed by atoms with Crippen LogP contribution >= 0.6 is 11.6 Å². The highest BCUT2D eigenvalue weighted by atomic mass is 35.5. The third-order valence-electron chi connectivity index (χ3n) is 2.89. The van der Waals surface area contributed by atoms with E-state index in [1.165, 1.54) is 18.3 Å². The number of nitrogens with zero attached hydrogens (tertiary/aromatic N) is 2. The van der Waals surface area contributed by atoms with Gasteiger partial charge in [-0.2, -0.15) is 0 Å². The number of aryl methyl sites for hydroxylation is 1. The SMILES string of the molecule is COC(=O)c1ccc(Cl)cc1S(=O)(=O)NC(=O)Nc1nccc(C)n1. The quantitative estimate of drug-likeness (QED) is 0.768. The summed E-state index contributed by atoms with van der Waals surface area (Å²) in [5.41, 5.74) is 0.315. The lowest BCUT2D eigenvalue weighted by Gasteiger charge is -2.11. The molecule has 1 heterocycles. The Bertz CT molecular complexity index is 933. The Balaban J connectivity index is 2.28. The van der Waals surface area contributed by atoms with Crippen LogP contribution in [0.1, 0.15) is 16.1 Å². The van der Waals surface area contributed by atoms with Crippen molar-refractivity contribution in [2.75, 3.05) is 12.4 Å². The molecule has 0 aliphatic rings. The van der Waals surface area contributed by atoms with Crippen molar-refractivity contribution in [3.05, 3.63) is 46.7 Å².